The lowest BCUT2D eigenvalue weighted by molar-refractivity contribution is 0.142. The Kier molecular flexibility index (Phi) is 7.07. The highest BCUT2D eigenvalue weighted by molar-refractivity contribution is 7.22. The Bertz CT molecular complexity index is 1820. The molecule has 0 saturated carbocycles. The van der Waals surface area contributed by atoms with E-state index < -0.39 is 0 Å². The summed E-state index contributed by atoms with van der Waals surface area (Å²) in [4.78, 5) is 23.6. The number of thiophene rings is 1. The topological polar surface area (TPSA) is 62.1 Å². The summed E-state index contributed by atoms with van der Waals surface area (Å²) in [6.07, 6.45) is 2.23. The molecule has 0 unspecified atom stereocenters. The molecule has 0 radical (unpaired) electrons. The number of imidazole rings is 1. The van der Waals surface area contributed by atoms with E-state index in [0.29, 0.717) is 13.1 Å². The summed E-state index contributed by atoms with van der Waals surface area (Å²) < 4.78 is 8.76. The van der Waals surface area contributed by atoms with Gasteiger partial charge in [-0.3, -0.25) is 4.90 Å². The van der Waals surface area contributed by atoms with Crippen LogP contribution in [0.15, 0.2) is 103 Å². The molecule has 210 valence electrons. The Morgan fingerprint density at radius 2 is 1.64 bits per heavy atom. The number of hydrogen-bond donors (Lipinski definition) is 1. The van der Waals surface area contributed by atoms with Crippen LogP contribution in [0.4, 0.5) is 10.5 Å². The number of anilines is 1. The van der Waals surface area contributed by atoms with Gasteiger partial charge in [-0.25, -0.2) is 9.78 Å². The summed E-state index contributed by atoms with van der Waals surface area (Å²) >= 11 is 1.82. The monoisotopic (exact) mass is 573 g/mol. The fourth-order valence-electron chi connectivity index (χ4n) is 5.54. The number of ether oxygens (including phenoxy) is 1. The first-order chi connectivity index (χ1) is 20.6. The van der Waals surface area contributed by atoms with Crippen LogP contribution in [0.3, 0.4) is 0 Å². The number of piperazine rings is 1. The van der Waals surface area contributed by atoms with Crippen molar-refractivity contribution in [3.05, 3.63) is 109 Å². The van der Waals surface area contributed by atoms with E-state index >= 15 is 0 Å². The summed E-state index contributed by atoms with van der Waals surface area (Å²) in [5.41, 5.74) is 6.15. The first kappa shape index (κ1) is 26.3. The summed E-state index contributed by atoms with van der Waals surface area (Å²) in [5.74, 6) is 0.764. The minimum atomic E-state index is -0.0763. The Labute approximate surface area is 248 Å². The van der Waals surface area contributed by atoms with Gasteiger partial charge in [0.2, 0.25) is 0 Å². The number of nitrogens with one attached hydrogen (secondary N) is 1. The SMILES string of the molecule is COc1ccc(NC(=O)N2CCN(Cc3c(-c4ccccc4)nc4ccc(-c5cc6ccccc6s5)cn34)CC2)cc1. The number of carbonyl (C=O) groups is 1. The lowest BCUT2D eigenvalue weighted by Crippen LogP contribution is -2.49. The number of pyridine rings is 1. The molecular weight excluding hydrogens is 542 g/mol. The molecule has 0 aliphatic carbocycles. The third-order valence-electron chi connectivity index (χ3n) is 7.85. The van der Waals surface area contributed by atoms with Crippen molar-refractivity contribution in [3.63, 3.8) is 0 Å². The molecule has 0 bridgehead atoms. The van der Waals surface area contributed by atoms with Gasteiger partial charge in [-0.15, -0.1) is 11.3 Å². The number of rotatable bonds is 6. The van der Waals surface area contributed by atoms with Gasteiger partial charge in [0.25, 0.3) is 0 Å². The number of aromatic nitrogens is 2. The van der Waals surface area contributed by atoms with Crippen LogP contribution in [0.25, 0.3) is 37.4 Å². The molecule has 1 fully saturated rings. The summed E-state index contributed by atoms with van der Waals surface area (Å²) in [6, 6.07) is 32.8. The van der Waals surface area contributed by atoms with Crippen molar-refractivity contribution in [1.29, 1.82) is 0 Å². The zero-order chi connectivity index (χ0) is 28.5. The molecule has 4 heterocycles. The van der Waals surface area contributed by atoms with Crippen LogP contribution in [0.5, 0.6) is 5.75 Å². The van der Waals surface area contributed by atoms with Crippen molar-refractivity contribution < 1.29 is 9.53 Å². The van der Waals surface area contributed by atoms with Gasteiger partial charge in [0.05, 0.1) is 18.5 Å². The highest BCUT2D eigenvalue weighted by Gasteiger charge is 2.24. The predicted molar refractivity (Wildman–Crippen MR) is 170 cm³/mol. The number of amides is 2. The molecule has 1 N–H and O–H groups in total. The molecule has 7 nitrogen and oxygen atoms in total. The molecule has 8 heteroatoms. The fraction of sp³-hybridized carbons (Fsp3) is 0.176. The van der Waals surface area contributed by atoms with Gasteiger partial charge in [0.15, 0.2) is 0 Å². The Morgan fingerprint density at radius 3 is 2.40 bits per heavy atom. The van der Waals surface area contributed by atoms with Crippen molar-refractivity contribution in [3.8, 4) is 27.4 Å². The maximum Gasteiger partial charge on any atom is 0.321 e. The third-order valence-corrected chi connectivity index (χ3v) is 9.01. The first-order valence-electron chi connectivity index (χ1n) is 14.1. The second-order valence-electron chi connectivity index (χ2n) is 10.5. The quantitative estimate of drug-likeness (QED) is 0.228. The van der Waals surface area contributed by atoms with Crippen molar-refractivity contribution >= 4 is 38.8 Å². The minimum Gasteiger partial charge on any atom is -0.497 e. The largest absolute Gasteiger partial charge is 0.497 e. The lowest BCUT2D eigenvalue weighted by atomic mass is 10.1. The van der Waals surface area contributed by atoms with Crippen LogP contribution in [0, 0.1) is 0 Å². The van der Waals surface area contributed by atoms with Crippen LogP contribution in [-0.2, 0) is 6.54 Å². The Balaban J connectivity index is 1.13. The van der Waals surface area contributed by atoms with Crippen molar-refractivity contribution in [1.82, 2.24) is 19.2 Å². The van der Waals surface area contributed by atoms with Crippen LogP contribution in [0.1, 0.15) is 5.69 Å². The maximum absolute atomic E-state index is 12.9. The fourth-order valence-corrected chi connectivity index (χ4v) is 6.59. The van der Waals surface area contributed by atoms with E-state index in [9.17, 15) is 4.79 Å². The average Bonchev–Trinajstić information content (AvgIpc) is 3.64. The van der Waals surface area contributed by atoms with Gasteiger partial charge >= 0.3 is 6.03 Å². The summed E-state index contributed by atoms with van der Waals surface area (Å²) in [6.45, 7) is 3.63. The molecule has 1 aliphatic heterocycles. The number of methoxy groups -OCH3 is 1. The normalized spacial score (nSPS) is 14.0. The summed E-state index contributed by atoms with van der Waals surface area (Å²) in [7, 11) is 1.63. The number of nitrogens with zero attached hydrogens (tertiary/aromatic N) is 4. The van der Waals surface area contributed by atoms with Crippen LogP contribution in [0.2, 0.25) is 0 Å². The van der Waals surface area contributed by atoms with E-state index in [1.54, 1.807) is 7.11 Å². The van der Waals surface area contributed by atoms with Crippen LogP contribution >= 0.6 is 11.3 Å². The molecule has 1 aliphatic rings. The van der Waals surface area contributed by atoms with E-state index in [2.05, 4.69) is 87.5 Å². The van der Waals surface area contributed by atoms with Gasteiger partial charge in [0.1, 0.15) is 11.4 Å². The second-order valence-corrected chi connectivity index (χ2v) is 11.6. The number of benzene rings is 3. The maximum atomic E-state index is 12.9. The first-order valence-corrected chi connectivity index (χ1v) is 14.9. The molecule has 3 aromatic heterocycles. The molecule has 6 aromatic rings. The molecule has 0 atom stereocenters. The van der Waals surface area contributed by atoms with E-state index in [1.165, 1.54) is 20.5 Å². The zero-order valence-electron chi connectivity index (χ0n) is 23.4. The van der Waals surface area contributed by atoms with Gasteiger partial charge in [-0.1, -0.05) is 48.5 Å². The zero-order valence-corrected chi connectivity index (χ0v) is 24.2. The van der Waals surface area contributed by atoms with Crippen LogP contribution < -0.4 is 10.1 Å². The molecule has 1 saturated heterocycles. The average molecular weight is 574 g/mol. The minimum absolute atomic E-state index is 0.0763. The molecule has 0 spiro atoms. The highest BCUT2D eigenvalue weighted by Crippen LogP contribution is 2.35. The van der Waals surface area contributed by atoms with Crippen LogP contribution in [-0.4, -0.2) is 58.5 Å². The van der Waals surface area contributed by atoms with Gasteiger partial charge in [0, 0.05) is 65.3 Å². The number of carbonyl (C=O) groups excluding carboxylic acids is 1. The van der Waals surface area contributed by atoms with Gasteiger partial charge in [-0.2, -0.15) is 0 Å². The third kappa shape index (κ3) is 5.22. The number of urea groups is 1. The van der Waals surface area contributed by atoms with Gasteiger partial charge in [-0.05, 0) is 53.9 Å². The lowest BCUT2D eigenvalue weighted by Gasteiger charge is -2.34. The Hall–Kier alpha value is -4.66. The molecule has 42 heavy (non-hydrogen) atoms. The number of fused-ring (bicyclic) bond motifs is 2. The van der Waals surface area contributed by atoms with Gasteiger partial charge < -0.3 is 19.4 Å². The van der Waals surface area contributed by atoms with E-state index in [4.69, 9.17) is 9.72 Å². The van der Waals surface area contributed by atoms with E-state index in [0.717, 1.165) is 53.7 Å². The predicted octanol–water partition coefficient (Wildman–Crippen LogP) is 7.24. The standard InChI is InChI=1S/C34H31N5O2S/c1-41-28-14-12-27(13-15-28)35-34(40)38-19-17-37(18-20-38)23-29-33(24-7-3-2-4-8-24)36-32-16-11-26(22-39(29)32)31-21-25-9-5-6-10-30(25)42-31/h2-16,21-22H,17-20,23H2,1H3,(H,35,40). The highest BCUT2D eigenvalue weighted by atomic mass is 32.1. The number of hydrogen-bond acceptors (Lipinski definition) is 5. The Morgan fingerprint density at radius 1 is 0.881 bits per heavy atom. The molecule has 3 aromatic carbocycles. The van der Waals surface area contributed by atoms with E-state index in [-0.39, 0.29) is 6.03 Å². The van der Waals surface area contributed by atoms with Crippen molar-refractivity contribution in [2.24, 2.45) is 0 Å². The smallest absolute Gasteiger partial charge is 0.321 e. The summed E-state index contributed by atoms with van der Waals surface area (Å²) in [5, 5.41) is 4.28. The van der Waals surface area contributed by atoms with Crippen molar-refractivity contribution in [2.75, 3.05) is 38.6 Å². The molecular formula is C34H31N5O2S. The molecule has 2 amide bonds. The second kappa shape index (κ2) is 11.3. The van der Waals surface area contributed by atoms with E-state index in [1.807, 2.05) is 46.6 Å². The molecule has 7 rings (SSSR count). The van der Waals surface area contributed by atoms with Crippen molar-refractivity contribution in [2.45, 2.75) is 6.54 Å².